The molecule has 0 fully saturated rings. The molecule has 0 heterocycles. The zero-order valence-electron chi connectivity index (χ0n) is 15.2. The highest BCUT2D eigenvalue weighted by molar-refractivity contribution is 5.91. The minimum absolute atomic E-state index is 0.0124. The Kier molecular flexibility index (Phi) is 7.33. The number of carbonyl (C=O) groups excluding carboxylic acids is 1. The van der Waals surface area contributed by atoms with Gasteiger partial charge in [0.2, 0.25) is 0 Å². The summed E-state index contributed by atoms with van der Waals surface area (Å²) in [6.45, 7) is 7.04. The maximum absolute atomic E-state index is 12.1. The van der Waals surface area contributed by atoms with Gasteiger partial charge in [-0.15, -0.1) is 0 Å². The fourth-order valence-corrected chi connectivity index (χ4v) is 2.43. The zero-order valence-corrected chi connectivity index (χ0v) is 15.2. The van der Waals surface area contributed by atoms with E-state index in [0.29, 0.717) is 12.5 Å². The lowest BCUT2D eigenvalue weighted by Crippen LogP contribution is -2.20. The number of carbonyl (C=O) groups is 1. The first kappa shape index (κ1) is 18.8. The van der Waals surface area contributed by atoms with Crippen LogP contribution in [-0.2, 0) is 4.79 Å². The number of amides is 1. The summed E-state index contributed by atoms with van der Waals surface area (Å²) in [5, 5.41) is 2.84. The third-order valence-corrected chi connectivity index (χ3v) is 4.03. The third-order valence-electron chi connectivity index (χ3n) is 4.03. The SMILES string of the molecule is CCCOc1ccc(NC(=O)COc2ccccc2[C@@H](C)CC)cc1. The Hall–Kier alpha value is -2.49. The predicted molar refractivity (Wildman–Crippen MR) is 102 cm³/mol. The highest BCUT2D eigenvalue weighted by atomic mass is 16.5. The quantitative estimate of drug-likeness (QED) is 0.698. The van der Waals surface area contributed by atoms with E-state index in [2.05, 4.69) is 32.2 Å². The molecule has 1 amide bonds. The van der Waals surface area contributed by atoms with Crippen LogP contribution in [0.15, 0.2) is 48.5 Å². The van der Waals surface area contributed by atoms with Gasteiger partial charge in [-0.05, 0) is 54.7 Å². The Bertz CT molecular complexity index is 667. The van der Waals surface area contributed by atoms with Gasteiger partial charge in [-0.3, -0.25) is 4.79 Å². The number of benzene rings is 2. The van der Waals surface area contributed by atoms with Crippen LogP contribution < -0.4 is 14.8 Å². The molecule has 0 radical (unpaired) electrons. The standard InChI is InChI=1S/C21H27NO3/c1-4-14-24-18-12-10-17(11-13-18)22-21(23)15-25-20-9-7-6-8-19(20)16(3)5-2/h6-13,16H,4-5,14-15H2,1-3H3,(H,22,23)/t16-/m0/s1. The van der Waals surface area contributed by atoms with Crippen LogP contribution in [0.2, 0.25) is 0 Å². The molecule has 2 aromatic rings. The largest absolute Gasteiger partial charge is 0.494 e. The van der Waals surface area contributed by atoms with Gasteiger partial charge in [0.05, 0.1) is 6.61 Å². The third kappa shape index (κ3) is 5.82. The molecule has 0 bridgehead atoms. The van der Waals surface area contributed by atoms with Crippen molar-refractivity contribution in [1.29, 1.82) is 0 Å². The number of nitrogens with one attached hydrogen (secondary N) is 1. The number of rotatable bonds is 9. The smallest absolute Gasteiger partial charge is 0.262 e. The summed E-state index contributed by atoms with van der Waals surface area (Å²) >= 11 is 0. The van der Waals surface area contributed by atoms with Crippen LogP contribution in [-0.4, -0.2) is 19.1 Å². The first-order valence-corrected chi connectivity index (χ1v) is 8.88. The minimum Gasteiger partial charge on any atom is -0.494 e. The molecule has 0 unspecified atom stereocenters. The van der Waals surface area contributed by atoms with Gasteiger partial charge in [0.15, 0.2) is 6.61 Å². The van der Waals surface area contributed by atoms with Gasteiger partial charge >= 0.3 is 0 Å². The van der Waals surface area contributed by atoms with Crippen LogP contribution in [0.4, 0.5) is 5.69 Å². The summed E-state index contributed by atoms with van der Waals surface area (Å²) in [6, 6.07) is 15.2. The van der Waals surface area contributed by atoms with Crippen molar-refractivity contribution in [2.45, 2.75) is 39.5 Å². The Labute approximate surface area is 150 Å². The monoisotopic (exact) mass is 341 g/mol. The first-order valence-electron chi connectivity index (χ1n) is 8.88. The lowest BCUT2D eigenvalue weighted by atomic mass is 9.98. The number of hydrogen-bond donors (Lipinski definition) is 1. The van der Waals surface area contributed by atoms with Crippen molar-refractivity contribution in [3.05, 3.63) is 54.1 Å². The van der Waals surface area contributed by atoms with Gasteiger partial charge in [-0.25, -0.2) is 0 Å². The van der Waals surface area contributed by atoms with E-state index in [1.54, 1.807) is 0 Å². The average molecular weight is 341 g/mol. The second-order valence-corrected chi connectivity index (χ2v) is 6.06. The van der Waals surface area contributed by atoms with Crippen molar-refractivity contribution in [3.63, 3.8) is 0 Å². The topological polar surface area (TPSA) is 47.6 Å². The van der Waals surface area contributed by atoms with E-state index in [0.717, 1.165) is 35.6 Å². The second kappa shape index (κ2) is 9.72. The van der Waals surface area contributed by atoms with Crippen molar-refractivity contribution in [2.75, 3.05) is 18.5 Å². The zero-order chi connectivity index (χ0) is 18.1. The molecular formula is C21H27NO3. The maximum atomic E-state index is 12.1. The number of ether oxygens (including phenoxy) is 2. The molecule has 0 aromatic heterocycles. The molecule has 4 nitrogen and oxygen atoms in total. The van der Waals surface area contributed by atoms with E-state index < -0.39 is 0 Å². The molecule has 25 heavy (non-hydrogen) atoms. The van der Waals surface area contributed by atoms with Gasteiger partial charge in [-0.1, -0.05) is 39.0 Å². The predicted octanol–water partition coefficient (Wildman–Crippen LogP) is 5.01. The molecule has 2 aromatic carbocycles. The van der Waals surface area contributed by atoms with Crippen molar-refractivity contribution in [2.24, 2.45) is 0 Å². The lowest BCUT2D eigenvalue weighted by molar-refractivity contribution is -0.118. The second-order valence-electron chi connectivity index (χ2n) is 6.06. The molecule has 0 aliphatic heterocycles. The average Bonchev–Trinajstić information content (AvgIpc) is 2.65. The molecule has 0 saturated carbocycles. The Balaban J connectivity index is 1.89. The molecule has 0 saturated heterocycles. The number of anilines is 1. The van der Waals surface area contributed by atoms with Crippen LogP contribution in [0, 0.1) is 0 Å². The van der Waals surface area contributed by atoms with E-state index in [9.17, 15) is 4.79 Å². The minimum atomic E-state index is -0.179. The lowest BCUT2D eigenvalue weighted by Gasteiger charge is -2.15. The van der Waals surface area contributed by atoms with Gasteiger partial charge in [-0.2, -0.15) is 0 Å². The molecule has 134 valence electrons. The summed E-state index contributed by atoms with van der Waals surface area (Å²) in [5.41, 5.74) is 1.86. The van der Waals surface area contributed by atoms with E-state index in [1.165, 1.54) is 0 Å². The van der Waals surface area contributed by atoms with Crippen LogP contribution in [0.1, 0.15) is 45.1 Å². The van der Waals surface area contributed by atoms with E-state index >= 15 is 0 Å². The summed E-state index contributed by atoms with van der Waals surface area (Å²) in [5.74, 6) is 1.80. The van der Waals surface area contributed by atoms with Gasteiger partial charge in [0, 0.05) is 5.69 Å². The number of para-hydroxylation sites is 1. The van der Waals surface area contributed by atoms with Crippen LogP contribution >= 0.6 is 0 Å². The van der Waals surface area contributed by atoms with E-state index in [4.69, 9.17) is 9.47 Å². The molecule has 0 aliphatic carbocycles. The molecule has 4 heteroatoms. The van der Waals surface area contributed by atoms with Crippen molar-refractivity contribution >= 4 is 11.6 Å². The molecular weight excluding hydrogens is 314 g/mol. The molecule has 2 rings (SSSR count). The fourth-order valence-electron chi connectivity index (χ4n) is 2.43. The van der Waals surface area contributed by atoms with Gasteiger partial charge in [0.25, 0.3) is 5.91 Å². The highest BCUT2D eigenvalue weighted by Crippen LogP contribution is 2.28. The van der Waals surface area contributed by atoms with Crippen molar-refractivity contribution in [3.8, 4) is 11.5 Å². The van der Waals surface area contributed by atoms with E-state index in [1.807, 2.05) is 42.5 Å². The maximum Gasteiger partial charge on any atom is 0.262 e. The van der Waals surface area contributed by atoms with E-state index in [-0.39, 0.29) is 12.5 Å². The van der Waals surface area contributed by atoms with Gasteiger partial charge < -0.3 is 14.8 Å². The summed E-state index contributed by atoms with van der Waals surface area (Å²) in [4.78, 5) is 12.1. The first-order chi connectivity index (χ1) is 12.1. The summed E-state index contributed by atoms with van der Waals surface area (Å²) in [6.07, 6.45) is 1.99. The molecule has 0 aliphatic rings. The molecule has 0 spiro atoms. The van der Waals surface area contributed by atoms with Crippen LogP contribution in [0.5, 0.6) is 11.5 Å². The van der Waals surface area contributed by atoms with Crippen LogP contribution in [0.25, 0.3) is 0 Å². The number of hydrogen-bond acceptors (Lipinski definition) is 3. The van der Waals surface area contributed by atoms with Crippen molar-refractivity contribution < 1.29 is 14.3 Å². The normalized spacial score (nSPS) is 11.6. The highest BCUT2D eigenvalue weighted by Gasteiger charge is 2.11. The summed E-state index contributed by atoms with van der Waals surface area (Å²) < 4.78 is 11.3. The molecule has 1 atom stereocenters. The molecule has 1 N–H and O–H groups in total. The Morgan fingerprint density at radius 1 is 1.04 bits per heavy atom. The fraction of sp³-hybridized carbons (Fsp3) is 0.381. The Morgan fingerprint density at radius 2 is 1.76 bits per heavy atom. The van der Waals surface area contributed by atoms with Crippen molar-refractivity contribution in [1.82, 2.24) is 0 Å². The summed E-state index contributed by atoms with van der Waals surface area (Å²) in [7, 11) is 0. The van der Waals surface area contributed by atoms with Gasteiger partial charge in [0.1, 0.15) is 11.5 Å². The Morgan fingerprint density at radius 3 is 2.44 bits per heavy atom. The van der Waals surface area contributed by atoms with Crippen LogP contribution in [0.3, 0.4) is 0 Å².